The molecule has 0 atom stereocenters. The smallest absolute Gasteiger partial charge is 0.0490 e. The molecule has 1 saturated carbocycles. The number of hydrogen-bond donors (Lipinski definition) is 1. The fourth-order valence-corrected chi connectivity index (χ4v) is 2.04. The van der Waals surface area contributed by atoms with Gasteiger partial charge in [0.15, 0.2) is 0 Å². The van der Waals surface area contributed by atoms with Crippen molar-refractivity contribution in [1.82, 2.24) is 0 Å². The summed E-state index contributed by atoms with van der Waals surface area (Å²) in [4.78, 5) is 0. The average molecular weight is 202 g/mol. The van der Waals surface area contributed by atoms with E-state index >= 15 is 0 Å². The Kier molecular flexibility index (Phi) is 2.92. The lowest BCUT2D eigenvalue weighted by Gasteiger charge is -2.11. The zero-order valence-electron chi connectivity index (χ0n) is 9.24. The van der Waals surface area contributed by atoms with Gasteiger partial charge in [0, 0.05) is 6.61 Å². The first-order chi connectivity index (χ1) is 7.24. The number of aliphatic hydroxyl groups excluding tert-OH is 1. The van der Waals surface area contributed by atoms with Crippen LogP contribution in [0.4, 0.5) is 0 Å². The molecule has 1 aliphatic rings. The predicted molar refractivity (Wildman–Crippen MR) is 63.5 cm³/mol. The molecule has 0 amide bonds. The summed E-state index contributed by atoms with van der Waals surface area (Å²) >= 11 is 0. The minimum absolute atomic E-state index is 0.232. The summed E-state index contributed by atoms with van der Waals surface area (Å²) in [5, 5.41) is 9.24. The van der Waals surface area contributed by atoms with Crippen LogP contribution in [0.1, 0.15) is 31.7 Å². The number of allylic oxidation sites excluding steroid dienone is 1. The quantitative estimate of drug-likeness (QED) is 0.794. The van der Waals surface area contributed by atoms with Crippen molar-refractivity contribution in [3.05, 3.63) is 41.5 Å². The van der Waals surface area contributed by atoms with E-state index in [1.165, 1.54) is 24.0 Å². The Labute approximate surface area is 91.4 Å². The zero-order valence-corrected chi connectivity index (χ0v) is 9.24. The molecule has 1 aliphatic carbocycles. The number of rotatable bonds is 4. The minimum Gasteiger partial charge on any atom is -0.396 e. The van der Waals surface area contributed by atoms with Gasteiger partial charge in [-0.05, 0) is 37.2 Å². The SMILES string of the molecule is C/C(=C\c1ccccc1)CC1(CO)CC1. The van der Waals surface area contributed by atoms with Gasteiger partial charge in [-0.25, -0.2) is 0 Å². The van der Waals surface area contributed by atoms with Gasteiger partial charge >= 0.3 is 0 Å². The highest BCUT2D eigenvalue weighted by atomic mass is 16.3. The third-order valence-electron chi connectivity index (χ3n) is 3.16. The van der Waals surface area contributed by atoms with Crippen LogP contribution < -0.4 is 0 Å². The van der Waals surface area contributed by atoms with Crippen LogP contribution in [0.25, 0.3) is 6.08 Å². The predicted octanol–water partition coefficient (Wildman–Crippen LogP) is 3.25. The molecule has 1 N–H and O–H groups in total. The van der Waals surface area contributed by atoms with Gasteiger partial charge in [-0.3, -0.25) is 0 Å². The van der Waals surface area contributed by atoms with Crippen LogP contribution in [0, 0.1) is 5.41 Å². The van der Waals surface area contributed by atoms with E-state index in [0.29, 0.717) is 6.61 Å². The Morgan fingerprint density at radius 1 is 1.33 bits per heavy atom. The van der Waals surface area contributed by atoms with Crippen molar-refractivity contribution >= 4 is 6.08 Å². The van der Waals surface area contributed by atoms with Crippen LogP contribution in [0.15, 0.2) is 35.9 Å². The highest BCUT2D eigenvalue weighted by Gasteiger charge is 2.41. The third-order valence-corrected chi connectivity index (χ3v) is 3.16. The summed E-state index contributed by atoms with van der Waals surface area (Å²) in [5.41, 5.74) is 2.85. The lowest BCUT2D eigenvalue weighted by molar-refractivity contribution is 0.211. The Hall–Kier alpha value is -1.08. The number of benzene rings is 1. The molecule has 1 fully saturated rings. The molecule has 1 heteroatoms. The fourth-order valence-electron chi connectivity index (χ4n) is 2.04. The molecule has 0 unspecified atom stereocenters. The van der Waals surface area contributed by atoms with E-state index < -0.39 is 0 Å². The van der Waals surface area contributed by atoms with Crippen molar-refractivity contribution in [2.45, 2.75) is 26.2 Å². The maximum absolute atomic E-state index is 9.24. The molecule has 1 nitrogen and oxygen atoms in total. The van der Waals surface area contributed by atoms with Crippen LogP contribution in [0.3, 0.4) is 0 Å². The first kappa shape index (κ1) is 10.4. The summed E-state index contributed by atoms with van der Waals surface area (Å²) in [5.74, 6) is 0. The summed E-state index contributed by atoms with van der Waals surface area (Å²) in [7, 11) is 0. The van der Waals surface area contributed by atoms with Gasteiger partial charge in [0.2, 0.25) is 0 Å². The van der Waals surface area contributed by atoms with Crippen LogP contribution in [-0.4, -0.2) is 11.7 Å². The van der Waals surface area contributed by atoms with Crippen LogP contribution in [0.2, 0.25) is 0 Å². The second kappa shape index (κ2) is 4.19. The summed E-state index contributed by atoms with van der Waals surface area (Å²) in [6.45, 7) is 2.50. The monoisotopic (exact) mass is 202 g/mol. The van der Waals surface area contributed by atoms with Crippen LogP contribution >= 0.6 is 0 Å². The van der Waals surface area contributed by atoms with Gasteiger partial charge in [-0.1, -0.05) is 42.0 Å². The highest BCUT2D eigenvalue weighted by molar-refractivity contribution is 5.52. The van der Waals surface area contributed by atoms with Gasteiger partial charge in [0.25, 0.3) is 0 Å². The van der Waals surface area contributed by atoms with Crippen molar-refractivity contribution in [3.63, 3.8) is 0 Å². The number of hydrogen-bond acceptors (Lipinski definition) is 1. The van der Waals surface area contributed by atoms with Gasteiger partial charge in [0.1, 0.15) is 0 Å². The molecule has 0 aliphatic heterocycles. The van der Waals surface area contributed by atoms with Gasteiger partial charge in [-0.2, -0.15) is 0 Å². The topological polar surface area (TPSA) is 20.2 Å². The normalized spacial score (nSPS) is 18.9. The van der Waals surface area contributed by atoms with E-state index in [1.54, 1.807) is 0 Å². The molecular formula is C14H18O. The molecule has 0 spiro atoms. The molecule has 0 heterocycles. The first-order valence-electron chi connectivity index (χ1n) is 5.57. The van der Waals surface area contributed by atoms with E-state index in [9.17, 15) is 5.11 Å². The van der Waals surface area contributed by atoms with E-state index in [1.807, 2.05) is 6.07 Å². The van der Waals surface area contributed by atoms with E-state index in [0.717, 1.165) is 6.42 Å². The van der Waals surface area contributed by atoms with Crippen LogP contribution in [0.5, 0.6) is 0 Å². The lowest BCUT2D eigenvalue weighted by Crippen LogP contribution is -2.06. The minimum atomic E-state index is 0.232. The number of aliphatic hydroxyl groups is 1. The Morgan fingerprint density at radius 3 is 2.53 bits per heavy atom. The Balaban J connectivity index is 2.02. The third kappa shape index (κ3) is 2.69. The largest absolute Gasteiger partial charge is 0.396 e. The van der Waals surface area contributed by atoms with Gasteiger partial charge in [0.05, 0.1) is 0 Å². The Morgan fingerprint density at radius 2 is 2.00 bits per heavy atom. The van der Waals surface area contributed by atoms with E-state index in [-0.39, 0.29) is 5.41 Å². The summed E-state index contributed by atoms with van der Waals surface area (Å²) in [6, 6.07) is 10.4. The van der Waals surface area contributed by atoms with Crippen molar-refractivity contribution in [2.75, 3.05) is 6.61 Å². The lowest BCUT2D eigenvalue weighted by atomic mass is 9.97. The zero-order chi connectivity index (χ0) is 10.7. The molecular weight excluding hydrogens is 184 g/mol. The second-order valence-electron chi connectivity index (χ2n) is 4.74. The second-order valence-corrected chi connectivity index (χ2v) is 4.74. The molecule has 1 aromatic rings. The molecule has 0 saturated heterocycles. The highest BCUT2D eigenvalue weighted by Crippen LogP contribution is 2.50. The van der Waals surface area contributed by atoms with Crippen LogP contribution in [-0.2, 0) is 0 Å². The molecule has 80 valence electrons. The molecule has 15 heavy (non-hydrogen) atoms. The van der Waals surface area contributed by atoms with Gasteiger partial charge < -0.3 is 5.11 Å². The molecule has 1 aromatic carbocycles. The van der Waals surface area contributed by atoms with E-state index in [4.69, 9.17) is 0 Å². The summed E-state index contributed by atoms with van der Waals surface area (Å²) in [6.07, 6.45) is 5.63. The van der Waals surface area contributed by atoms with Crippen molar-refractivity contribution in [2.24, 2.45) is 5.41 Å². The van der Waals surface area contributed by atoms with E-state index in [2.05, 4.69) is 37.3 Å². The Bertz CT molecular complexity index is 347. The molecule has 0 aromatic heterocycles. The molecule has 0 radical (unpaired) electrons. The standard InChI is InChI=1S/C14H18O/c1-12(10-14(11-15)7-8-14)9-13-5-3-2-4-6-13/h2-6,9,15H,7-8,10-11H2,1H3/b12-9+. The first-order valence-corrected chi connectivity index (χ1v) is 5.57. The van der Waals surface area contributed by atoms with Crippen molar-refractivity contribution in [1.29, 1.82) is 0 Å². The maximum Gasteiger partial charge on any atom is 0.0490 e. The van der Waals surface area contributed by atoms with Crippen molar-refractivity contribution in [3.8, 4) is 0 Å². The maximum atomic E-state index is 9.24. The van der Waals surface area contributed by atoms with Gasteiger partial charge in [-0.15, -0.1) is 0 Å². The fraction of sp³-hybridized carbons (Fsp3) is 0.429. The molecule has 2 rings (SSSR count). The molecule has 0 bridgehead atoms. The average Bonchev–Trinajstić information content (AvgIpc) is 3.00. The summed E-state index contributed by atoms with van der Waals surface area (Å²) < 4.78 is 0. The van der Waals surface area contributed by atoms with Crippen molar-refractivity contribution < 1.29 is 5.11 Å².